The first-order valence-corrected chi connectivity index (χ1v) is 11.0. The largest absolute Gasteiger partial charge is 0.496 e. The molecule has 1 aliphatic rings. The minimum atomic E-state index is -0.471. The van der Waals surface area contributed by atoms with Crippen LogP contribution in [0, 0.1) is 0 Å². The molecule has 7 nitrogen and oxygen atoms in total. The van der Waals surface area contributed by atoms with Gasteiger partial charge in [0, 0.05) is 5.69 Å². The Labute approximate surface area is 201 Å². The van der Waals surface area contributed by atoms with E-state index < -0.39 is 11.8 Å². The number of hydrogen-bond acceptors (Lipinski definition) is 5. The molecule has 7 heteroatoms. The van der Waals surface area contributed by atoms with Gasteiger partial charge in [0.1, 0.15) is 11.4 Å². The fourth-order valence-corrected chi connectivity index (χ4v) is 3.82. The Hall–Kier alpha value is -4.78. The van der Waals surface area contributed by atoms with Gasteiger partial charge in [-0.15, -0.1) is 0 Å². The maximum atomic E-state index is 13.3. The van der Waals surface area contributed by atoms with E-state index in [9.17, 15) is 9.59 Å². The number of ether oxygens (including phenoxy) is 3. The topological polar surface area (TPSA) is 85.9 Å². The molecular formula is C28H22N2O5. The number of para-hydroxylation sites is 1. The van der Waals surface area contributed by atoms with Crippen LogP contribution in [-0.2, 0) is 4.79 Å². The first kappa shape index (κ1) is 22.0. The molecular weight excluding hydrogens is 444 g/mol. The molecule has 35 heavy (non-hydrogen) atoms. The Balaban J connectivity index is 1.46. The average Bonchev–Trinajstić information content (AvgIpc) is 3.36. The molecule has 0 aromatic heterocycles. The minimum absolute atomic E-state index is 0.0629. The number of nitrogens with one attached hydrogen (secondary N) is 2. The average molecular weight is 466 g/mol. The van der Waals surface area contributed by atoms with Crippen LogP contribution < -0.4 is 24.8 Å². The first-order valence-electron chi connectivity index (χ1n) is 11.0. The summed E-state index contributed by atoms with van der Waals surface area (Å²) >= 11 is 0. The van der Waals surface area contributed by atoms with E-state index in [0.29, 0.717) is 34.1 Å². The van der Waals surface area contributed by atoms with Gasteiger partial charge < -0.3 is 24.8 Å². The summed E-state index contributed by atoms with van der Waals surface area (Å²) in [5.41, 5.74) is 1.65. The Bertz CT molecular complexity index is 1460. The van der Waals surface area contributed by atoms with Crippen molar-refractivity contribution in [2.24, 2.45) is 0 Å². The van der Waals surface area contributed by atoms with Crippen LogP contribution in [0.25, 0.3) is 16.8 Å². The molecule has 0 unspecified atom stereocenters. The summed E-state index contributed by atoms with van der Waals surface area (Å²) in [6.45, 7) is 0.141. The number of anilines is 1. The Morgan fingerprint density at radius 2 is 1.63 bits per heavy atom. The number of hydrogen-bond donors (Lipinski definition) is 2. The van der Waals surface area contributed by atoms with Crippen molar-refractivity contribution in [3.63, 3.8) is 0 Å². The van der Waals surface area contributed by atoms with Crippen LogP contribution in [0.4, 0.5) is 5.69 Å². The SMILES string of the molecule is COc1ccccc1C(=O)NC(=Cc1ccc2c(c1)OCO2)C(=O)Nc1ccc2ccccc2c1. The Morgan fingerprint density at radius 3 is 2.49 bits per heavy atom. The molecule has 0 radical (unpaired) electrons. The lowest BCUT2D eigenvalue weighted by Crippen LogP contribution is -2.31. The molecule has 5 rings (SSSR count). The number of methoxy groups -OCH3 is 1. The highest BCUT2D eigenvalue weighted by atomic mass is 16.7. The fraction of sp³-hybridized carbons (Fsp3) is 0.0714. The zero-order chi connectivity index (χ0) is 24.2. The van der Waals surface area contributed by atoms with Crippen molar-refractivity contribution in [3.05, 3.63) is 102 Å². The van der Waals surface area contributed by atoms with Crippen LogP contribution in [-0.4, -0.2) is 25.7 Å². The van der Waals surface area contributed by atoms with E-state index in [4.69, 9.17) is 14.2 Å². The van der Waals surface area contributed by atoms with Gasteiger partial charge in [0.05, 0.1) is 12.7 Å². The second kappa shape index (κ2) is 9.61. The van der Waals surface area contributed by atoms with Crippen molar-refractivity contribution in [2.75, 3.05) is 19.2 Å². The first-order chi connectivity index (χ1) is 17.1. The van der Waals surface area contributed by atoms with Gasteiger partial charge in [-0.05, 0) is 58.8 Å². The molecule has 4 aromatic rings. The van der Waals surface area contributed by atoms with Gasteiger partial charge in [0.25, 0.3) is 11.8 Å². The van der Waals surface area contributed by atoms with Gasteiger partial charge in [0.15, 0.2) is 11.5 Å². The molecule has 174 valence electrons. The van der Waals surface area contributed by atoms with Gasteiger partial charge in [0.2, 0.25) is 6.79 Å². The molecule has 0 saturated carbocycles. The normalized spacial score (nSPS) is 12.3. The summed E-state index contributed by atoms with van der Waals surface area (Å²) in [6.07, 6.45) is 1.59. The molecule has 1 heterocycles. The quantitative estimate of drug-likeness (QED) is 0.391. The predicted molar refractivity (Wildman–Crippen MR) is 134 cm³/mol. The van der Waals surface area contributed by atoms with Crippen molar-refractivity contribution in [1.29, 1.82) is 0 Å². The van der Waals surface area contributed by atoms with E-state index in [2.05, 4.69) is 10.6 Å². The third kappa shape index (κ3) is 4.79. The second-order valence-corrected chi connectivity index (χ2v) is 7.84. The van der Waals surface area contributed by atoms with E-state index in [1.807, 2.05) is 42.5 Å². The Morgan fingerprint density at radius 1 is 0.857 bits per heavy atom. The third-order valence-corrected chi connectivity index (χ3v) is 5.56. The predicted octanol–water partition coefficient (Wildman–Crippen LogP) is 4.99. The van der Waals surface area contributed by atoms with Crippen molar-refractivity contribution in [2.45, 2.75) is 0 Å². The molecule has 2 N–H and O–H groups in total. The summed E-state index contributed by atoms with van der Waals surface area (Å²) in [5, 5.41) is 7.67. The lowest BCUT2D eigenvalue weighted by molar-refractivity contribution is -0.113. The molecule has 0 saturated heterocycles. The number of amides is 2. The van der Waals surface area contributed by atoms with Crippen molar-refractivity contribution < 1.29 is 23.8 Å². The molecule has 0 spiro atoms. The number of benzene rings is 4. The lowest BCUT2D eigenvalue weighted by Gasteiger charge is -2.13. The van der Waals surface area contributed by atoms with E-state index in [-0.39, 0.29) is 12.5 Å². The number of carbonyl (C=O) groups is 2. The van der Waals surface area contributed by atoms with Crippen LogP contribution in [0.15, 0.2) is 90.6 Å². The van der Waals surface area contributed by atoms with E-state index >= 15 is 0 Å². The molecule has 0 bridgehead atoms. The molecule has 0 aliphatic carbocycles. The highest BCUT2D eigenvalue weighted by Gasteiger charge is 2.19. The van der Waals surface area contributed by atoms with Gasteiger partial charge in [-0.1, -0.05) is 48.5 Å². The van der Waals surface area contributed by atoms with Crippen molar-refractivity contribution in [1.82, 2.24) is 5.32 Å². The van der Waals surface area contributed by atoms with Crippen LogP contribution in [0.3, 0.4) is 0 Å². The maximum Gasteiger partial charge on any atom is 0.272 e. The van der Waals surface area contributed by atoms with E-state index in [0.717, 1.165) is 10.8 Å². The summed E-state index contributed by atoms with van der Waals surface area (Å²) in [5.74, 6) is 0.665. The van der Waals surface area contributed by atoms with Gasteiger partial charge in [-0.2, -0.15) is 0 Å². The summed E-state index contributed by atoms with van der Waals surface area (Å²) < 4.78 is 16.1. The lowest BCUT2D eigenvalue weighted by atomic mass is 10.1. The second-order valence-electron chi connectivity index (χ2n) is 7.84. The molecule has 1 aliphatic heterocycles. The van der Waals surface area contributed by atoms with Crippen LogP contribution >= 0.6 is 0 Å². The number of rotatable bonds is 6. The summed E-state index contributed by atoms with van der Waals surface area (Å²) in [7, 11) is 1.49. The van der Waals surface area contributed by atoms with E-state index in [1.165, 1.54) is 7.11 Å². The standard InChI is InChI=1S/C28H22N2O5/c1-33-24-9-5-4-8-22(24)27(31)30-23(14-18-10-13-25-26(15-18)35-17-34-25)28(32)29-21-12-11-19-6-2-3-7-20(19)16-21/h2-16H,17H2,1H3,(H,29,32)(H,30,31). The van der Waals surface area contributed by atoms with Crippen LogP contribution in [0.1, 0.15) is 15.9 Å². The highest BCUT2D eigenvalue weighted by Crippen LogP contribution is 2.33. The van der Waals surface area contributed by atoms with Crippen LogP contribution in [0.2, 0.25) is 0 Å². The highest BCUT2D eigenvalue weighted by molar-refractivity contribution is 6.11. The zero-order valence-electron chi connectivity index (χ0n) is 18.9. The smallest absolute Gasteiger partial charge is 0.272 e. The van der Waals surface area contributed by atoms with Gasteiger partial charge in [-0.25, -0.2) is 0 Å². The molecule has 0 atom stereocenters. The number of fused-ring (bicyclic) bond motifs is 2. The summed E-state index contributed by atoms with van der Waals surface area (Å²) in [4.78, 5) is 26.4. The minimum Gasteiger partial charge on any atom is -0.496 e. The third-order valence-electron chi connectivity index (χ3n) is 5.56. The van der Waals surface area contributed by atoms with Crippen molar-refractivity contribution in [3.8, 4) is 17.2 Å². The molecule has 4 aromatic carbocycles. The maximum absolute atomic E-state index is 13.3. The molecule has 2 amide bonds. The molecule has 0 fully saturated rings. The fourth-order valence-electron chi connectivity index (χ4n) is 3.82. The van der Waals surface area contributed by atoms with Crippen LogP contribution in [0.5, 0.6) is 17.2 Å². The Kier molecular flexibility index (Phi) is 6.05. The summed E-state index contributed by atoms with van der Waals surface area (Å²) in [6, 6.07) is 25.6. The number of carbonyl (C=O) groups excluding carboxylic acids is 2. The van der Waals surface area contributed by atoms with Crippen molar-refractivity contribution >= 4 is 34.4 Å². The van der Waals surface area contributed by atoms with Gasteiger partial charge in [-0.3, -0.25) is 9.59 Å². The monoisotopic (exact) mass is 466 g/mol. The van der Waals surface area contributed by atoms with Gasteiger partial charge >= 0.3 is 0 Å². The zero-order valence-corrected chi connectivity index (χ0v) is 18.9. The van der Waals surface area contributed by atoms with E-state index in [1.54, 1.807) is 48.5 Å².